The van der Waals surface area contributed by atoms with E-state index in [1.807, 2.05) is 18.2 Å². The van der Waals surface area contributed by atoms with Crippen LogP contribution in [0.15, 0.2) is 28.7 Å². The van der Waals surface area contributed by atoms with Crippen LogP contribution in [0.25, 0.3) is 0 Å². The van der Waals surface area contributed by atoms with Crippen molar-refractivity contribution in [1.82, 2.24) is 0 Å². The Kier molecular flexibility index (Phi) is 7.72. The van der Waals surface area contributed by atoms with Crippen molar-refractivity contribution in [2.75, 3.05) is 13.2 Å². The van der Waals surface area contributed by atoms with Gasteiger partial charge in [0.05, 0.1) is 4.47 Å². The lowest BCUT2D eigenvalue weighted by molar-refractivity contribution is -0.889. The van der Waals surface area contributed by atoms with Crippen LogP contribution in [0, 0.1) is 0 Å². The molecule has 1 unspecified atom stereocenters. The summed E-state index contributed by atoms with van der Waals surface area (Å²) in [7, 11) is 0. The summed E-state index contributed by atoms with van der Waals surface area (Å²) in [5.41, 5.74) is 0.925. The Bertz CT molecular complexity index is 288. The summed E-state index contributed by atoms with van der Waals surface area (Å²) in [6, 6.07) is 7.40. The van der Waals surface area contributed by atoms with E-state index in [9.17, 15) is 5.11 Å². The highest BCUT2D eigenvalue weighted by Crippen LogP contribution is 2.23. The van der Waals surface area contributed by atoms with Gasteiger partial charge in [0.25, 0.3) is 0 Å². The van der Waals surface area contributed by atoms with Gasteiger partial charge in [-0.25, -0.2) is 10.7 Å². The highest BCUT2D eigenvalue weighted by atomic mass is 79.9. The molecule has 4 nitrogen and oxygen atoms in total. The van der Waals surface area contributed by atoms with Crippen molar-refractivity contribution in [3.05, 3.63) is 28.7 Å². The molecule has 1 aromatic carbocycles. The van der Waals surface area contributed by atoms with Crippen LogP contribution in [-0.4, -0.2) is 29.6 Å². The van der Waals surface area contributed by atoms with Crippen molar-refractivity contribution in [2.45, 2.75) is 6.10 Å². The topological polar surface area (TPSA) is 66.3 Å². The number of quaternary nitrogens is 1. The molecule has 0 aromatic heterocycles. The molecule has 0 radical (unpaired) electrons. The van der Waals surface area contributed by atoms with E-state index in [0.29, 0.717) is 5.75 Å². The number of rotatable bonds is 5. The van der Waals surface area contributed by atoms with Crippen LogP contribution in [0.4, 0.5) is 0 Å². The Labute approximate surface area is 103 Å². The van der Waals surface area contributed by atoms with E-state index in [-0.39, 0.29) is 25.6 Å². The zero-order chi connectivity index (χ0) is 10.4. The van der Waals surface area contributed by atoms with E-state index in [0.717, 1.165) is 9.95 Å². The highest BCUT2D eigenvalue weighted by Gasteiger charge is 2.07. The van der Waals surface area contributed by atoms with Crippen molar-refractivity contribution in [1.29, 1.82) is 0 Å². The number of halogens is 2. The number of para-hydroxylation sites is 1. The smallest absolute Gasteiger partial charge is 0.139 e. The summed E-state index contributed by atoms with van der Waals surface area (Å²) in [6.45, 7) is 0.379. The summed E-state index contributed by atoms with van der Waals surface area (Å²) in [6.07, 6.45) is -0.674. The zero-order valence-electron chi connectivity index (χ0n) is 7.94. The van der Waals surface area contributed by atoms with Crippen LogP contribution in [0.3, 0.4) is 0 Å². The van der Waals surface area contributed by atoms with Gasteiger partial charge in [-0.3, -0.25) is 0 Å². The van der Waals surface area contributed by atoms with E-state index >= 15 is 0 Å². The summed E-state index contributed by atoms with van der Waals surface area (Å²) < 4.78 is 6.17. The standard InChI is InChI=1S/C9H12BrNO3.ClH/c10-8-3-1-2-4-9(8)14-6-7(12)5-11-13;/h1-4,7,11-13H,5-6H2;1H. The molecule has 1 aromatic rings. The first-order valence-corrected chi connectivity index (χ1v) is 5.04. The third-order valence-electron chi connectivity index (χ3n) is 1.65. The number of nitrogens with two attached hydrogens (primary N) is 1. The first kappa shape index (κ1) is 14.7. The first-order chi connectivity index (χ1) is 6.74. The van der Waals surface area contributed by atoms with Crippen LogP contribution >= 0.6 is 15.9 Å². The van der Waals surface area contributed by atoms with Crippen molar-refractivity contribution >= 4 is 15.9 Å². The lowest BCUT2D eigenvalue weighted by Gasteiger charge is -2.10. The van der Waals surface area contributed by atoms with E-state index in [1.165, 1.54) is 0 Å². The minimum atomic E-state index is -0.674. The molecule has 0 fully saturated rings. The largest absolute Gasteiger partial charge is 1.00 e. The predicted octanol–water partition coefficient (Wildman–Crippen LogP) is -2.85. The number of ether oxygens (including phenoxy) is 1. The van der Waals surface area contributed by atoms with Gasteiger partial charge in [-0.2, -0.15) is 0 Å². The molecule has 6 heteroatoms. The lowest BCUT2D eigenvalue weighted by atomic mass is 10.3. The van der Waals surface area contributed by atoms with E-state index < -0.39 is 6.10 Å². The fourth-order valence-electron chi connectivity index (χ4n) is 0.937. The molecular formula is C9H13BrClNO3. The van der Waals surface area contributed by atoms with Gasteiger partial charge in [0.1, 0.15) is 25.0 Å². The Morgan fingerprint density at radius 3 is 2.67 bits per heavy atom. The number of hydrogen-bond acceptors (Lipinski definition) is 3. The van der Waals surface area contributed by atoms with E-state index in [1.54, 1.807) is 6.07 Å². The summed E-state index contributed by atoms with van der Waals surface area (Å²) in [4.78, 5) is 0. The molecule has 0 aliphatic carbocycles. The average molecular weight is 299 g/mol. The van der Waals surface area contributed by atoms with Crippen molar-refractivity contribution in [3.63, 3.8) is 0 Å². The van der Waals surface area contributed by atoms with Gasteiger partial charge in [-0.05, 0) is 28.1 Å². The Hall–Kier alpha value is -0.330. The Morgan fingerprint density at radius 2 is 2.07 bits per heavy atom. The molecular weight excluding hydrogens is 285 g/mol. The second-order valence-electron chi connectivity index (χ2n) is 2.81. The summed E-state index contributed by atoms with van der Waals surface area (Å²) >= 11 is 3.32. The Morgan fingerprint density at radius 1 is 1.40 bits per heavy atom. The van der Waals surface area contributed by atoms with Gasteiger partial charge >= 0.3 is 0 Å². The second kappa shape index (κ2) is 7.90. The molecule has 15 heavy (non-hydrogen) atoms. The van der Waals surface area contributed by atoms with Crippen molar-refractivity contribution < 1.29 is 32.9 Å². The van der Waals surface area contributed by atoms with Gasteiger partial charge < -0.3 is 22.3 Å². The van der Waals surface area contributed by atoms with Crippen LogP contribution in [-0.2, 0) is 0 Å². The molecule has 0 bridgehead atoms. The van der Waals surface area contributed by atoms with Gasteiger partial charge in [0.15, 0.2) is 0 Å². The van der Waals surface area contributed by atoms with Gasteiger partial charge in [0.2, 0.25) is 0 Å². The quantitative estimate of drug-likeness (QED) is 0.513. The molecule has 4 N–H and O–H groups in total. The third-order valence-corrected chi connectivity index (χ3v) is 2.30. The predicted molar refractivity (Wildman–Crippen MR) is 54.2 cm³/mol. The summed E-state index contributed by atoms with van der Waals surface area (Å²) in [5, 5.41) is 17.7. The lowest BCUT2D eigenvalue weighted by Crippen LogP contribution is -3.00. The molecule has 1 atom stereocenters. The van der Waals surface area contributed by atoms with Crippen LogP contribution in [0.1, 0.15) is 0 Å². The summed E-state index contributed by atoms with van der Waals surface area (Å²) in [5.74, 6) is 0.685. The number of aliphatic hydroxyl groups is 1. The fraction of sp³-hybridized carbons (Fsp3) is 0.333. The SMILES string of the molecule is O[NH2+]CC(O)COc1ccccc1Br.[Cl-]. The minimum absolute atomic E-state index is 0. The maximum Gasteiger partial charge on any atom is 0.139 e. The molecule has 0 spiro atoms. The zero-order valence-corrected chi connectivity index (χ0v) is 10.3. The molecule has 0 aliphatic rings. The normalized spacial score (nSPS) is 11.7. The molecule has 86 valence electrons. The van der Waals surface area contributed by atoms with Crippen LogP contribution in [0.2, 0.25) is 0 Å². The Balaban J connectivity index is 0.00000196. The number of hydroxylamine groups is 1. The van der Waals surface area contributed by atoms with Crippen LogP contribution < -0.4 is 22.6 Å². The van der Waals surface area contributed by atoms with Gasteiger partial charge in [-0.15, -0.1) is 0 Å². The maximum atomic E-state index is 9.27. The molecule has 0 amide bonds. The maximum absolute atomic E-state index is 9.27. The minimum Gasteiger partial charge on any atom is -1.00 e. The van der Waals surface area contributed by atoms with E-state index in [2.05, 4.69) is 15.9 Å². The van der Waals surface area contributed by atoms with Gasteiger partial charge in [0, 0.05) is 0 Å². The third kappa shape index (κ3) is 5.34. The molecule has 1 rings (SSSR count). The average Bonchev–Trinajstić information content (AvgIpc) is 2.17. The molecule has 0 heterocycles. The number of aliphatic hydroxyl groups excluding tert-OH is 1. The first-order valence-electron chi connectivity index (χ1n) is 4.25. The second-order valence-corrected chi connectivity index (χ2v) is 3.67. The van der Waals surface area contributed by atoms with E-state index in [4.69, 9.17) is 9.94 Å². The highest BCUT2D eigenvalue weighted by molar-refractivity contribution is 9.10. The monoisotopic (exact) mass is 297 g/mol. The molecule has 0 saturated heterocycles. The van der Waals surface area contributed by atoms with Crippen molar-refractivity contribution in [3.8, 4) is 5.75 Å². The molecule has 0 aliphatic heterocycles. The molecule has 0 saturated carbocycles. The number of hydrogen-bond donors (Lipinski definition) is 3. The van der Waals surface area contributed by atoms with Crippen molar-refractivity contribution in [2.24, 2.45) is 0 Å². The fourth-order valence-corrected chi connectivity index (χ4v) is 1.34. The van der Waals surface area contributed by atoms with Gasteiger partial charge in [-0.1, -0.05) is 12.1 Å². The van der Waals surface area contributed by atoms with Crippen LogP contribution in [0.5, 0.6) is 5.75 Å². The number of benzene rings is 1.